The van der Waals surface area contributed by atoms with Gasteiger partial charge in [-0.25, -0.2) is 4.98 Å². The summed E-state index contributed by atoms with van der Waals surface area (Å²) < 4.78 is 37.9. The van der Waals surface area contributed by atoms with Crippen molar-refractivity contribution in [2.24, 2.45) is 5.92 Å². The molecule has 1 saturated heterocycles. The van der Waals surface area contributed by atoms with Gasteiger partial charge in [-0.05, 0) is 18.4 Å². The van der Waals surface area contributed by atoms with E-state index in [0.29, 0.717) is 25.2 Å². The molecule has 0 aromatic carbocycles. The SMILES string of the molecule is CC1CN(c2cc(C(F)(F)F)ncc2N)CCC1O. The van der Waals surface area contributed by atoms with Crippen LogP contribution in [0.25, 0.3) is 0 Å². The molecule has 2 atom stereocenters. The van der Waals surface area contributed by atoms with Gasteiger partial charge in [0, 0.05) is 13.1 Å². The first-order valence-corrected chi connectivity index (χ1v) is 6.04. The van der Waals surface area contributed by atoms with Gasteiger partial charge in [-0.3, -0.25) is 0 Å². The molecule has 7 heteroatoms. The third-order valence-corrected chi connectivity index (χ3v) is 3.40. The van der Waals surface area contributed by atoms with Gasteiger partial charge in [0.2, 0.25) is 0 Å². The number of aromatic nitrogens is 1. The van der Waals surface area contributed by atoms with Crippen LogP contribution in [0.5, 0.6) is 0 Å². The fourth-order valence-electron chi connectivity index (χ4n) is 2.24. The zero-order valence-electron chi connectivity index (χ0n) is 10.5. The van der Waals surface area contributed by atoms with Gasteiger partial charge in [0.1, 0.15) is 5.69 Å². The summed E-state index contributed by atoms with van der Waals surface area (Å²) in [5.74, 6) is -0.00403. The largest absolute Gasteiger partial charge is 0.433 e. The number of nitrogen functional groups attached to an aromatic ring is 1. The molecule has 1 fully saturated rings. The van der Waals surface area contributed by atoms with E-state index in [1.54, 1.807) is 4.90 Å². The quantitative estimate of drug-likeness (QED) is 0.821. The van der Waals surface area contributed by atoms with Crippen LogP contribution in [-0.2, 0) is 6.18 Å². The first-order chi connectivity index (χ1) is 8.79. The third-order valence-electron chi connectivity index (χ3n) is 3.40. The van der Waals surface area contributed by atoms with Crippen LogP contribution in [0.3, 0.4) is 0 Å². The Bertz CT molecular complexity index is 464. The second-order valence-corrected chi connectivity index (χ2v) is 4.91. The van der Waals surface area contributed by atoms with Crippen LogP contribution in [-0.4, -0.2) is 29.3 Å². The van der Waals surface area contributed by atoms with E-state index in [4.69, 9.17) is 5.73 Å². The van der Waals surface area contributed by atoms with Gasteiger partial charge >= 0.3 is 6.18 Å². The summed E-state index contributed by atoms with van der Waals surface area (Å²) in [6, 6.07) is 0.972. The molecule has 2 heterocycles. The normalized spacial score (nSPS) is 24.6. The number of nitrogens with two attached hydrogens (primary N) is 1. The summed E-state index contributed by atoms with van der Waals surface area (Å²) >= 11 is 0. The molecule has 0 spiro atoms. The number of anilines is 2. The highest BCUT2D eigenvalue weighted by Crippen LogP contribution is 2.34. The summed E-state index contributed by atoms with van der Waals surface area (Å²) in [6.07, 6.45) is -3.34. The van der Waals surface area contributed by atoms with E-state index in [1.807, 2.05) is 6.92 Å². The molecule has 0 saturated carbocycles. The molecular weight excluding hydrogens is 259 g/mol. The van der Waals surface area contributed by atoms with Gasteiger partial charge < -0.3 is 15.7 Å². The molecule has 0 radical (unpaired) electrons. The standard InChI is InChI=1S/C12H16F3N3O/c1-7-6-18(3-2-10(7)19)9-4-11(12(13,14)15)17-5-8(9)16/h4-5,7,10,19H,2-3,6,16H2,1H3. The molecule has 4 nitrogen and oxygen atoms in total. The number of pyridine rings is 1. The molecule has 2 rings (SSSR count). The Morgan fingerprint density at radius 3 is 2.74 bits per heavy atom. The van der Waals surface area contributed by atoms with Gasteiger partial charge in [-0.1, -0.05) is 6.92 Å². The van der Waals surface area contributed by atoms with Crippen molar-refractivity contribution >= 4 is 11.4 Å². The molecule has 106 valence electrons. The van der Waals surface area contributed by atoms with Gasteiger partial charge in [-0.2, -0.15) is 13.2 Å². The predicted molar refractivity (Wildman–Crippen MR) is 65.7 cm³/mol. The minimum Gasteiger partial charge on any atom is -0.396 e. The number of aliphatic hydroxyl groups excluding tert-OH is 1. The maximum absolute atomic E-state index is 12.6. The Kier molecular flexibility index (Phi) is 3.58. The van der Waals surface area contributed by atoms with Crippen molar-refractivity contribution in [3.05, 3.63) is 18.0 Å². The highest BCUT2D eigenvalue weighted by Gasteiger charge is 2.34. The van der Waals surface area contributed by atoms with Gasteiger partial charge in [0.25, 0.3) is 0 Å². The minimum atomic E-state index is -4.48. The molecular formula is C12H16F3N3O. The Balaban J connectivity index is 2.29. The van der Waals surface area contributed by atoms with Crippen LogP contribution in [0.4, 0.5) is 24.5 Å². The molecule has 0 bridgehead atoms. The van der Waals surface area contributed by atoms with E-state index in [2.05, 4.69) is 4.98 Å². The van der Waals surface area contributed by atoms with Crippen LogP contribution in [0.1, 0.15) is 19.0 Å². The third kappa shape index (κ3) is 2.91. The summed E-state index contributed by atoms with van der Waals surface area (Å²) in [7, 11) is 0. The lowest BCUT2D eigenvalue weighted by molar-refractivity contribution is -0.141. The summed E-state index contributed by atoms with van der Waals surface area (Å²) in [4.78, 5) is 5.08. The van der Waals surface area contributed by atoms with Crippen molar-refractivity contribution < 1.29 is 18.3 Å². The Labute approximate surface area is 109 Å². The van der Waals surface area contributed by atoms with Crippen molar-refractivity contribution in [2.75, 3.05) is 23.7 Å². The van der Waals surface area contributed by atoms with Crippen molar-refractivity contribution in [2.45, 2.75) is 25.6 Å². The Hall–Kier alpha value is -1.50. The second-order valence-electron chi connectivity index (χ2n) is 4.91. The summed E-state index contributed by atoms with van der Waals surface area (Å²) in [5.41, 5.74) is 5.31. The lowest BCUT2D eigenvalue weighted by Crippen LogP contribution is -2.42. The lowest BCUT2D eigenvalue weighted by Gasteiger charge is -2.36. The van der Waals surface area contributed by atoms with E-state index in [1.165, 1.54) is 0 Å². The number of hydrogen-bond donors (Lipinski definition) is 2. The zero-order valence-corrected chi connectivity index (χ0v) is 10.5. The topological polar surface area (TPSA) is 62.4 Å². The number of alkyl halides is 3. The minimum absolute atomic E-state index is 0.00403. The number of hydrogen-bond acceptors (Lipinski definition) is 4. The monoisotopic (exact) mass is 275 g/mol. The molecule has 3 N–H and O–H groups in total. The zero-order chi connectivity index (χ0) is 14.2. The van der Waals surface area contributed by atoms with Crippen LogP contribution >= 0.6 is 0 Å². The summed E-state index contributed by atoms with van der Waals surface area (Å²) in [5, 5.41) is 9.65. The molecule has 1 aromatic heterocycles. The van der Waals surface area contributed by atoms with E-state index in [9.17, 15) is 18.3 Å². The predicted octanol–water partition coefficient (Wildman–Crippen LogP) is 1.89. The number of piperidine rings is 1. The van der Waals surface area contributed by atoms with Crippen molar-refractivity contribution in [3.63, 3.8) is 0 Å². The Morgan fingerprint density at radius 2 is 2.16 bits per heavy atom. The molecule has 0 amide bonds. The lowest BCUT2D eigenvalue weighted by atomic mass is 9.96. The fourth-order valence-corrected chi connectivity index (χ4v) is 2.24. The maximum atomic E-state index is 12.6. The molecule has 19 heavy (non-hydrogen) atoms. The van der Waals surface area contributed by atoms with Crippen molar-refractivity contribution in [1.82, 2.24) is 4.98 Å². The molecule has 2 unspecified atom stereocenters. The van der Waals surface area contributed by atoms with Crippen molar-refractivity contribution in [3.8, 4) is 0 Å². The fraction of sp³-hybridized carbons (Fsp3) is 0.583. The number of aliphatic hydroxyl groups is 1. The van der Waals surface area contributed by atoms with Gasteiger partial charge in [-0.15, -0.1) is 0 Å². The summed E-state index contributed by atoms with van der Waals surface area (Å²) in [6.45, 7) is 2.82. The van der Waals surface area contributed by atoms with Crippen LogP contribution in [0, 0.1) is 5.92 Å². The maximum Gasteiger partial charge on any atom is 0.433 e. The first-order valence-electron chi connectivity index (χ1n) is 6.04. The second kappa shape index (κ2) is 4.88. The molecule has 1 aliphatic heterocycles. The number of nitrogens with zero attached hydrogens (tertiary/aromatic N) is 2. The average Bonchev–Trinajstić information content (AvgIpc) is 2.32. The molecule has 1 aliphatic rings. The molecule has 0 aliphatic carbocycles. The van der Waals surface area contributed by atoms with Crippen LogP contribution < -0.4 is 10.6 Å². The van der Waals surface area contributed by atoms with E-state index in [-0.39, 0.29) is 11.6 Å². The van der Waals surface area contributed by atoms with Gasteiger partial charge in [0.05, 0.1) is 23.7 Å². The van der Waals surface area contributed by atoms with E-state index in [0.717, 1.165) is 12.3 Å². The number of rotatable bonds is 1. The highest BCUT2D eigenvalue weighted by molar-refractivity contribution is 5.67. The first kappa shape index (κ1) is 13.9. The van der Waals surface area contributed by atoms with Crippen LogP contribution in [0.15, 0.2) is 12.3 Å². The van der Waals surface area contributed by atoms with Crippen molar-refractivity contribution in [1.29, 1.82) is 0 Å². The number of halogens is 3. The van der Waals surface area contributed by atoms with E-state index < -0.39 is 18.0 Å². The average molecular weight is 275 g/mol. The Morgan fingerprint density at radius 1 is 1.47 bits per heavy atom. The van der Waals surface area contributed by atoms with E-state index >= 15 is 0 Å². The smallest absolute Gasteiger partial charge is 0.396 e. The van der Waals surface area contributed by atoms with Gasteiger partial charge in [0.15, 0.2) is 0 Å². The van der Waals surface area contributed by atoms with Crippen LogP contribution in [0.2, 0.25) is 0 Å². The molecule has 1 aromatic rings. The highest BCUT2D eigenvalue weighted by atomic mass is 19.4.